The Kier molecular flexibility index (Phi) is 1.22. The van der Waals surface area contributed by atoms with Crippen molar-refractivity contribution in [2.75, 3.05) is 0 Å². The average Bonchev–Trinajstić information content (AvgIpc) is 2.14. The Bertz CT molecular complexity index is 221. The predicted molar refractivity (Wildman–Crippen MR) is 29.6 cm³/mol. The van der Waals surface area contributed by atoms with E-state index in [-0.39, 0.29) is 5.82 Å². The first kappa shape index (κ1) is 5.19. The summed E-state index contributed by atoms with van der Waals surface area (Å²) in [4.78, 5) is 6.57. The van der Waals surface area contributed by atoms with E-state index >= 15 is 0 Å². The van der Waals surface area contributed by atoms with Gasteiger partial charge < -0.3 is 4.85 Å². The highest BCUT2D eigenvalue weighted by Crippen LogP contribution is 2.12. The van der Waals surface area contributed by atoms with Crippen molar-refractivity contribution < 1.29 is 0 Å². The van der Waals surface area contributed by atoms with E-state index in [9.17, 15) is 0 Å². The zero-order valence-corrected chi connectivity index (χ0v) is 4.64. The molecule has 1 heterocycles. The van der Waals surface area contributed by atoms with E-state index < -0.39 is 0 Å². The van der Waals surface area contributed by atoms with E-state index in [1.54, 1.807) is 0 Å². The topological polar surface area (TPSA) is 30.1 Å². The molecule has 0 aliphatic rings. The Morgan fingerprint density at radius 1 is 1.75 bits per heavy atom. The molecule has 8 heavy (non-hydrogen) atoms. The lowest BCUT2D eigenvalue weighted by atomic mass is 10.8. The summed E-state index contributed by atoms with van der Waals surface area (Å²) in [6, 6.07) is 0. The normalized spacial score (nSPS) is 8.50. The van der Waals surface area contributed by atoms with Gasteiger partial charge in [-0.05, 0) is 11.5 Å². The van der Waals surface area contributed by atoms with Crippen molar-refractivity contribution in [2.24, 2.45) is 0 Å². The minimum absolute atomic E-state index is 0.181. The van der Waals surface area contributed by atoms with Gasteiger partial charge in [-0.25, -0.2) is 0 Å². The van der Waals surface area contributed by atoms with Gasteiger partial charge in [-0.15, -0.1) is 0 Å². The first-order valence-electron chi connectivity index (χ1n) is 1.79. The molecule has 0 saturated heterocycles. The lowest BCUT2D eigenvalue weighted by molar-refractivity contribution is 1.26. The minimum Gasteiger partial charge on any atom is -0.350 e. The van der Waals surface area contributed by atoms with Crippen molar-refractivity contribution in [1.29, 1.82) is 0 Å². The maximum atomic E-state index is 6.43. The first-order valence-corrected chi connectivity index (χ1v) is 2.57. The summed E-state index contributed by atoms with van der Waals surface area (Å²) in [5.41, 5.74) is 0. The van der Waals surface area contributed by atoms with Crippen molar-refractivity contribution in [2.45, 2.75) is 0 Å². The fraction of sp³-hybridized carbons (Fsp3) is 0. The quantitative estimate of drug-likeness (QED) is 0.484. The highest BCUT2D eigenvalue weighted by atomic mass is 32.1. The Balaban J connectivity index is 3.05. The van der Waals surface area contributed by atoms with E-state index in [2.05, 4.69) is 14.2 Å². The number of nitrogens with zero attached hydrogens (tertiary/aromatic N) is 3. The SMILES string of the molecule is [C-]#[N+]c1nc([CH])ns1. The second-order valence-corrected chi connectivity index (χ2v) is 1.78. The number of rotatable bonds is 0. The van der Waals surface area contributed by atoms with E-state index in [1.807, 2.05) is 0 Å². The van der Waals surface area contributed by atoms with Crippen molar-refractivity contribution in [3.63, 3.8) is 0 Å². The van der Waals surface area contributed by atoms with Crippen molar-refractivity contribution in [3.8, 4) is 0 Å². The van der Waals surface area contributed by atoms with Gasteiger partial charge in [0, 0.05) is 0 Å². The molecule has 38 valence electrons. The summed E-state index contributed by atoms with van der Waals surface area (Å²) in [6.45, 7) is 11.5. The van der Waals surface area contributed by atoms with Gasteiger partial charge in [-0.2, -0.15) is 4.37 Å². The minimum atomic E-state index is 0.181. The van der Waals surface area contributed by atoms with Gasteiger partial charge in [0.15, 0.2) is 0 Å². The molecule has 0 aromatic carbocycles. The van der Waals surface area contributed by atoms with E-state index in [0.29, 0.717) is 5.13 Å². The van der Waals surface area contributed by atoms with Crippen LogP contribution in [0.1, 0.15) is 5.82 Å². The maximum Gasteiger partial charge on any atom is 0.348 e. The van der Waals surface area contributed by atoms with Gasteiger partial charge in [0.25, 0.3) is 0 Å². The Labute approximate surface area is 51.0 Å². The van der Waals surface area contributed by atoms with Gasteiger partial charge >= 0.3 is 5.13 Å². The molecule has 3 nitrogen and oxygen atoms in total. The van der Waals surface area contributed by atoms with E-state index in [1.165, 1.54) is 0 Å². The Hall–Kier alpha value is -0.950. The fourth-order valence-corrected chi connectivity index (χ4v) is 0.663. The Morgan fingerprint density at radius 2 is 2.50 bits per heavy atom. The molecule has 0 bridgehead atoms. The number of hydrogen-bond donors (Lipinski definition) is 0. The van der Waals surface area contributed by atoms with Crippen LogP contribution in [0.25, 0.3) is 4.85 Å². The smallest absolute Gasteiger partial charge is 0.348 e. The van der Waals surface area contributed by atoms with Gasteiger partial charge in [0.1, 0.15) is 0 Å². The molecule has 4 heteroatoms. The molecule has 0 atom stereocenters. The Morgan fingerprint density at radius 3 is 2.75 bits per heavy atom. The number of aromatic nitrogens is 2. The third kappa shape index (κ3) is 0.820. The molecule has 1 aromatic heterocycles. The van der Waals surface area contributed by atoms with Gasteiger partial charge in [0.05, 0.1) is 6.92 Å². The summed E-state index contributed by atoms with van der Waals surface area (Å²) in [6.07, 6.45) is 0. The molecular weight excluding hydrogens is 122 g/mol. The predicted octanol–water partition coefficient (Wildman–Crippen LogP) is 1.15. The van der Waals surface area contributed by atoms with E-state index in [0.717, 1.165) is 11.5 Å². The van der Waals surface area contributed by atoms with Crippen LogP contribution in [0.4, 0.5) is 5.13 Å². The molecule has 0 amide bonds. The van der Waals surface area contributed by atoms with Gasteiger partial charge in [0.2, 0.25) is 5.82 Å². The monoisotopic (exact) mass is 123 g/mol. The van der Waals surface area contributed by atoms with Crippen LogP contribution >= 0.6 is 11.5 Å². The molecular formula is C4HN3S. The molecule has 0 fully saturated rings. The third-order valence-electron chi connectivity index (χ3n) is 0.527. The lowest BCUT2D eigenvalue weighted by Gasteiger charge is -1.64. The molecule has 0 aliphatic carbocycles. The molecule has 0 N–H and O–H groups in total. The number of hydrogen-bond acceptors (Lipinski definition) is 3. The van der Waals surface area contributed by atoms with Crippen molar-refractivity contribution in [3.05, 3.63) is 24.2 Å². The second kappa shape index (κ2) is 1.88. The fourth-order valence-electron chi connectivity index (χ4n) is 0.272. The molecule has 1 rings (SSSR count). The summed E-state index contributed by atoms with van der Waals surface area (Å²) in [5.74, 6) is 0.181. The molecule has 0 spiro atoms. The van der Waals surface area contributed by atoms with Crippen LogP contribution < -0.4 is 0 Å². The summed E-state index contributed by atoms with van der Waals surface area (Å²) < 4.78 is 3.58. The molecule has 0 saturated carbocycles. The van der Waals surface area contributed by atoms with Crippen LogP contribution in [0.2, 0.25) is 0 Å². The summed E-state index contributed by atoms with van der Waals surface area (Å²) in [7, 11) is 0. The van der Waals surface area contributed by atoms with Crippen LogP contribution in [0.3, 0.4) is 0 Å². The standard InChI is InChI=1S/C4HN3S/c1-3-6-4(5-2)8-7-3/h1H. The highest BCUT2D eigenvalue weighted by molar-refractivity contribution is 7.09. The molecule has 2 radical (unpaired) electrons. The zero-order valence-electron chi connectivity index (χ0n) is 3.83. The molecule has 1 aromatic rings. The van der Waals surface area contributed by atoms with Crippen LogP contribution in [0.15, 0.2) is 0 Å². The van der Waals surface area contributed by atoms with Crippen LogP contribution in [0.5, 0.6) is 0 Å². The molecule has 0 unspecified atom stereocenters. The highest BCUT2D eigenvalue weighted by Gasteiger charge is 1.97. The molecule has 0 aliphatic heterocycles. The third-order valence-corrected chi connectivity index (χ3v) is 1.15. The maximum absolute atomic E-state index is 6.43. The van der Waals surface area contributed by atoms with Crippen LogP contribution in [-0.2, 0) is 0 Å². The van der Waals surface area contributed by atoms with E-state index in [4.69, 9.17) is 13.5 Å². The van der Waals surface area contributed by atoms with Gasteiger partial charge in [-0.1, -0.05) is 11.6 Å². The largest absolute Gasteiger partial charge is 0.350 e. The zero-order chi connectivity index (χ0) is 5.98. The average molecular weight is 123 g/mol. The lowest BCUT2D eigenvalue weighted by Crippen LogP contribution is -1.67. The summed E-state index contributed by atoms with van der Waals surface area (Å²) >= 11 is 1.01. The van der Waals surface area contributed by atoms with Crippen molar-refractivity contribution >= 4 is 16.7 Å². The first-order chi connectivity index (χ1) is 3.83. The van der Waals surface area contributed by atoms with Crippen LogP contribution in [-0.4, -0.2) is 9.36 Å². The van der Waals surface area contributed by atoms with Gasteiger partial charge in [-0.3, -0.25) is 0 Å². The summed E-state index contributed by atoms with van der Waals surface area (Å²) in [5, 5.41) is 0.294. The van der Waals surface area contributed by atoms with Crippen molar-refractivity contribution in [1.82, 2.24) is 9.36 Å². The second-order valence-electron chi connectivity index (χ2n) is 1.05. The van der Waals surface area contributed by atoms with Crippen LogP contribution in [0, 0.1) is 13.5 Å².